The summed E-state index contributed by atoms with van der Waals surface area (Å²) in [4.78, 5) is 0. The molecule has 0 radical (unpaired) electrons. The van der Waals surface area contributed by atoms with Crippen molar-refractivity contribution in [3.63, 3.8) is 0 Å². The summed E-state index contributed by atoms with van der Waals surface area (Å²) < 4.78 is 5.05. The van der Waals surface area contributed by atoms with Gasteiger partial charge in [0.2, 0.25) is 0 Å². The van der Waals surface area contributed by atoms with Gasteiger partial charge in [-0.05, 0) is 24.7 Å². The predicted molar refractivity (Wildman–Crippen MR) is 42.8 cm³/mol. The van der Waals surface area contributed by atoms with Crippen molar-refractivity contribution in [3.05, 3.63) is 12.2 Å². The Morgan fingerprint density at radius 2 is 2.27 bits per heavy atom. The lowest BCUT2D eigenvalue weighted by molar-refractivity contribution is -0.146. The van der Waals surface area contributed by atoms with Gasteiger partial charge >= 0.3 is 5.90 Å². The number of fused-ring (bicyclic) bond motifs is 2. The molecule has 0 amide bonds. The van der Waals surface area contributed by atoms with Crippen LogP contribution in [0.3, 0.4) is 0 Å². The van der Waals surface area contributed by atoms with Crippen molar-refractivity contribution in [2.75, 3.05) is 7.11 Å². The molecule has 2 aliphatic carbocycles. The fraction of sp³-hybridized carbons (Fsp3) is 0.667. The molecule has 0 aromatic rings. The van der Waals surface area contributed by atoms with E-state index in [1.54, 1.807) is 7.11 Å². The Morgan fingerprint density at radius 1 is 1.45 bits per heavy atom. The minimum absolute atomic E-state index is 0.495. The van der Waals surface area contributed by atoms with Crippen molar-refractivity contribution in [3.8, 4) is 0 Å². The lowest BCUT2D eigenvalue weighted by Crippen LogP contribution is -2.46. The molecule has 11 heavy (non-hydrogen) atoms. The highest BCUT2D eigenvalue weighted by Gasteiger charge is 2.41. The molecule has 0 aromatic heterocycles. The van der Waals surface area contributed by atoms with Gasteiger partial charge in [0.15, 0.2) is 0 Å². The van der Waals surface area contributed by atoms with Gasteiger partial charge in [0.05, 0.1) is 13.0 Å². The smallest absolute Gasteiger partial charge is 0.336 e. The zero-order valence-electron chi connectivity index (χ0n) is 6.79. The third kappa shape index (κ3) is 0.971. The second kappa shape index (κ2) is 2.36. The predicted octanol–water partition coefficient (Wildman–Crippen LogP) is 0.00260. The van der Waals surface area contributed by atoms with E-state index in [0.717, 1.165) is 11.8 Å². The fourth-order valence-corrected chi connectivity index (χ4v) is 2.26. The molecule has 2 N–H and O–H groups in total. The summed E-state index contributed by atoms with van der Waals surface area (Å²) in [5.41, 5.74) is 0. The molecule has 2 nitrogen and oxygen atoms in total. The summed E-state index contributed by atoms with van der Waals surface area (Å²) in [7, 11) is 1.66. The topological polar surface area (TPSA) is 34.8 Å². The maximum Gasteiger partial charge on any atom is 0.336 e. The molecular weight excluding hydrogens is 138 g/mol. The molecule has 0 saturated heterocycles. The van der Waals surface area contributed by atoms with Crippen molar-refractivity contribution in [2.24, 2.45) is 17.8 Å². The summed E-state index contributed by atoms with van der Waals surface area (Å²) in [6.07, 6.45) is 7.07. The largest absolute Gasteiger partial charge is 0.451 e. The van der Waals surface area contributed by atoms with Crippen LogP contribution in [0.4, 0.5) is 0 Å². The normalized spacial score (nSPS) is 39.5. The molecule has 2 rings (SSSR count). The highest BCUT2D eigenvalue weighted by molar-refractivity contribution is 5.73. The van der Waals surface area contributed by atoms with Gasteiger partial charge in [-0.1, -0.05) is 12.2 Å². The molecule has 1 fully saturated rings. The average molecular weight is 152 g/mol. The molecule has 3 atom stereocenters. The summed E-state index contributed by atoms with van der Waals surface area (Å²) >= 11 is 0. The number of nitrogens with two attached hydrogens (primary N) is 1. The van der Waals surface area contributed by atoms with Crippen LogP contribution in [0.1, 0.15) is 12.8 Å². The lowest BCUT2D eigenvalue weighted by Gasteiger charge is -2.12. The van der Waals surface area contributed by atoms with Crippen LogP contribution >= 0.6 is 0 Å². The first kappa shape index (κ1) is 6.89. The summed E-state index contributed by atoms with van der Waals surface area (Å²) in [5, 5.41) is 5.73. The molecular formula is C9H14NO+. The van der Waals surface area contributed by atoms with Gasteiger partial charge in [-0.25, -0.2) is 5.41 Å². The molecule has 0 heterocycles. The van der Waals surface area contributed by atoms with Gasteiger partial charge in [-0.2, -0.15) is 0 Å². The first-order chi connectivity index (χ1) is 5.31. The first-order valence-electron chi connectivity index (χ1n) is 4.16. The van der Waals surface area contributed by atoms with Gasteiger partial charge in [0, 0.05) is 0 Å². The molecule has 2 heteroatoms. The Morgan fingerprint density at radius 3 is 2.73 bits per heavy atom. The molecule has 0 aromatic carbocycles. The summed E-state index contributed by atoms with van der Waals surface area (Å²) in [6.45, 7) is 0. The molecule has 60 valence electrons. The van der Waals surface area contributed by atoms with E-state index in [-0.39, 0.29) is 0 Å². The highest BCUT2D eigenvalue weighted by Crippen LogP contribution is 2.43. The summed E-state index contributed by atoms with van der Waals surface area (Å²) in [5.74, 6) is 2.66. The number of hydrogen-bond donors (Lipinski definition) is 1. The quantitative estimate of drug-likeness (QED) is 0.320. The van der Waals surface area contributed by atoms with Crippen LogP contribution in [-0.4, -0.2) is 13.0 Å². The highest BCUT2D eigenvalue weighted by atomic mass is 16.5. The van der Waals surface area contributed by atoms with Crippen LogP contribution in [0.25, 0.3) is 0 Å². The Kier molecular flexibility index (Phi) is 1.48. The fourth-order valence-electron chi connectivity index (χ4n) is 2.26. The molecule has 2 bridgehead atoms. The third-order valence-electron chi connectivity index (χ3n) is 2.88. The number of methoxy groups -OCH3 is 1. The monoisotopic (exact) mass is 152 g/mol. The van der Waals surface area contributed by atoms with E-state index in [9.17, 15) is 0 Å². The van der Waals surface area contributed by atoms with Crippen LogP contribution < -0.4 is 5.41 Å². The third-order valence-corrected chi connectivity index (χ3v) is 2.88. The zero-order chi connectivity index (χ0) is 7.84. The molecule has 2 aliphatic rings. The van der Waals surface area contributed by atoms with Gasteiger partial charge < -0.3 is 4.74 Å². The van der Waals surface area contributed by atoms with Crippen LogP contribution in [0.15, 0.2) is 12.2 Å². The molecule has 0 spiro atoms. The number of rotatable bonds is 1. The van der Waals surface area contributed by atoms with Crippen LogP contribution in [0.2, 0.25) is 0 Å². The molecule has 3 unspecified atom stereocenters. The van der Waals surface area contributed by atoms with E-state index in [1.165, 1.54) is 12.8 Å². The van der Waals surface area contributed by atoms with Crippen molar-refractivity contribution in [2.45, 2.75) is 12.8 Å². The minimum Gasteiger partial charge on any atom is -0.451 e. The standard InChI is InChI=1S/C9H13NO/c1-11-9(10)8-5-6-2-3-7(8)4-6/h2-3,6-8,10H,4-5H2,1H3/p+1. The van der Waals surface area contributed by atoms with Crippen molar-refractivity contribution >= 4 is 5.90 Å². The Labute approximate surface area is 66.8 Å². The Hall–Kier alpha value is -0.790. The van der Waals surface area contributed by atoms with E-state index in [0.29, 0.717) is 11.8 Å². The van der Waals surface area contributed by atoms with Gasteiger partial charge in [-0.3, -0.25) is 0 Å². The summed E-state index contributed by atoms with van der Waals surface area (Å²) in [6, 6.07) is 0. The Bertz CT molecular complexity index is 210. The second-order valence-corrected chi connectivity index (χ2v) is 3.49. The van der Waals surface area contributed by atoms with Crippen LogP contribution in [-0.2, 0) is 4.74 Å². The van der Waals surface area contributed by atoms with Gasteiger partial charge in [0.25, 0.3) is 0 Å². The average Bonchev–Trinajstić information content (AvgIpc) is 2.62. The van der Waals surface area contributed by atoms with E-state index in [4.69, 9.17) is 10.1 Å². The van der Waals surface area contributed by atoms with E-state index in [1.807, 2.05) is 0 Å². The van der Waals surface area contributed by atoms with Crippen LogP contribution in [0, 0.1) is 17.8 Å². The number of allylic oxidation sites excluding steroid dienone is 2. The molecule has 0 aliphatic heterocycles. The molecule has 1 saturated carbocycles. The van der Waals surface area contributed by atoms with E-state index < -0.39 is 0 Å². The number of hydrogen-bond acceptors (Lipinski definition) is 1. The van der Waals surface area contributed by atoms with Crippen molar-refractivity contribution in [1.29, 1.82) is 0 Å². The van der Waals surface area contributed by atoms with Crippen molar-refractivity contribution in [1.82, 2.24) is 0 Å². The van der Waals surface area contributed by atoms with E-state index >= 15 is 0 Å². The lowest BCUT2D eigenvalue weighted by atomic mass is 9.93. The Balaban J connectivity index is 2.08. The maximum atomic E-state index is 5.73. The van der Waals surface area contributed by atoms with Gasteiger partial charge in [0.1, 0.15) is 0 Å². The number of ether oxygens (including phenoxy) is 1. The van der Waals surface area contributed by atoms with Crippen LogP contribution in [0.5, 0.6) is 0 Å². The SMILES string of the molecule is COC(=[NH2+])C1CC2C=CC1C2. The van der Waals surface area contributed by atoms with Crippen molar-refractivity contribution < 1.29 is 10.1 Å². The zero-order valence-corrected chi connectivity index (χ0v) is 6.79. The second-order valence-electron chi connectivity index (χ2n) is 3.49. The maximum absolute atomic E-state index is 5.73. The first-order valence-corrected chi connectivity index (χ1v) is 4.16. The minimum atomic E-state index is 0.495. The van der Waals surface area contributed by atoms with E-state index in [2.05, 4.69) is 12.2 Å². The van der Waals surface area contributed by atoms with Gasteiger partial charge in [-0.15, -0.1) is 0 Å².